The maximum atomic E-state index is 12.1. The number of para-hydroxylation sites is 1. The summed E-state index contributed by atoms with van der Waals surface area (Å²) < 4.78 is 10.3. The molecule has 2 amide bonds. The Morgan fingerprint density at radius 3 is 2.81 bits per heavy atom. The molecule has 0 saturated heterocycles. The smallest absolute Gasteiger partial charge is 0.408 e. The molecule has 36 heavy (non-hydrogen) atoms. The normalized spacial score (nSPS) is 13.0. The molecule has 10 heteroatoms. The van der Waals surface area contributed by atoms with Crippen LogP contribution in [0.25, 0.3) is 0 Å². The first-order valence-electron chi connectivity index (χ1n) is 12.2. The second kappa shape index (κ2) is 13.9. The van der Waals surface area contributed by atoms with Crippen LogP contribution in [0.3, 0.4) is 0 Å². The van der Waals surface area contributed by atoms with Crippen LogP contribution < -0.4 is 20.7 Å². The number of fused-ring (bicyclic) bond motifs is 1. The highest BCUT2D eigenvalue weighted by Gasteiger charge is 2.21. The number of amides is 2. The van der Waals surface area contributed by atoms with E-state index in [9.17, 15) is 19.5 Å². The van der Waals surface area contributed by atoms with Gasteiger partial charge in [0.05, 0.1) is 7.11 Å². The summed E-state index contributed by atoms with van der Waals surface area (Å²) in [6, 6.07) is 10.0. The number of carboxylic acid groups (broad SMARTS) is 1. The van der Waals surface area contributed by atoms with Gasteiger partial charge in [-0.1, -0.05) is 24.3 Å². The van der Waals surface area contributed by atoms with Gasteiger partial charge in [-0.25, -0.2) is 14.6 Å². The summed E-state index contributed by atoms with van der Waals surface area (Å²) in [5.41, 5.74) is 2.92. The third kappa shape index (κ3) is 8.44. The molecule has 3 rings (SSSR count). The molecule has 0 radical (unpaired) electrons. The summed E-state index contributed by atoms with van der Waals surface area (Å²) in [6.07, 6.45) is 4.03. The van der Waals surface area contributed by atoms with E-state index in [1.807, 2.05) is 6.07 Å². The number of aryl methyl sites for hydroxylation is 2. The van der Waals surface area contributed by atoms with Crippen LogP contribution in [0.5, 0.6) is 5.75 Å². The van der Waals surface area contributed by atoms with Crippen molar-refractivity contribution in [2.24, 2.45) is 0 Å². The maximum Gasteiger partial charge on any atom is 0.408 e. The first kappa shape index (κ1) is 26.8. The number of anilines is 1. The molecule has 0 fully saturated rings. The number of unbranched alkanes of at least 4 members (excludes halogenated alkanes) is 1. The fourth-order valence-corrected chi connectivity index (χ4v) is 3.95. The molecule has 1 aromatic heterocycles. The minimum Gasteiger partial charge on any atom is -0.496 e. The predicted octanol–water partition coefficient (Wildman–Crippen LogP) is 3.05. The van der Waals surface area contributed by atoms with E-state index >= 15 is 0 Å². The zero-order chi connectivity index (χ0) is 25.8. The fourth-order valence-electron chi connectivity index (χ4n) is 3.95. The number of rotatable bonds is 13. The van der Waals surface area contributed by atoms with Crippen LogP contribution in [0.1, 0.15) is 48.9 Å². The lowest BCUT2D eigenvalue weighted by molar-refractivity contribution is -0.139. The number of carbonyl (C=O) groups is 3. The third-order valence-corrected chi connectivity index (χ3v) is 5.94. The lowest BCUT2D eigenvalue weighted by Crippen LogP contribution is -2.43. The summed E-state index contributed by atoms with van der Waals surface area (Å²) in [5, 5.41) is 17.8. The van der Waals surface area contributed by atoms with Gasteiger partial charge in [0.1, 0.15) is 24.2 Å². The van der Waals surface area contributed by atoms with Gasteiger partial charge in [0, 0.05) is 30.8 Å². The average molecular weight is 499 g/mol. The van der Waals surface area contributed by atoms with E-state index in [0.717, 1.165) is 43.7 Å². The number of nitrogens with zero attached hydrogens (tertiary/aromatic N) is 1. The molecule has 0 saturated carbocycles. The van der Waals surface area contributed by atoms with Crippen molar-refractivity contribution in [2.45, 2.75) is 57.6 Å². The van der Waals surface area contributed by atoms with Crippen molar-refractivity contribution in [1.29, 1.82) is 0 Å². The van der Waals surface area contributed by atoms with Gasteiger partial charge in [-0.2, -0.15) is 0 Å². The molecule has 10 nitrogen and oxygen atoms in total. The number of alkyl carbamates (subject to hydrolysis) is 1. The number of methoxy groups -OCH3 is 1. The van der Waals surface area contributed by atoms with Crippen molar-refractivity contribution in [1.82, 2.24) is 15.6 Å². The van der Waals surface area contributed by atoms with Crippen LogP contribution in [-0.4, -0.2) is 54.3 Å². The van der Waals surface area contributed by atoms with Gasteiger partial charge in [0.25, 0.3) is 0 Å². The molecule has 1 aliphatic heterocycles. The summed E-state index contributed by atoms with van der Waals surface area (Å²) in [5.74, 6) is 0.184. The zero-order valence-corrected chi connectivity index (χ0v) is 20.5. The van der Waals surface area contributed by atoms with Crippen molar-refractivity contribution < 1.29 is 29.0 Å². The highest BCUT2D eigenvalue weighted by Crippen LogP contribution is 2.20. The Morgan fingerprint density at radius 2 is 2.00 bits per heavy atom. The molecular weight excluding hydrogens is 464 g/mol. The van der Waals surface area contributed by atoms with Crippen LogP contribution in [0.2, 0.25) is 0 Å². The lowest BCUT2D eigenvalue weighted by Gasteiger charge is -2.17. The Labute approximate surface area is 210 Å². The van der Waals surface area contributed by atoms with Gasteiger partial charge < -0.3 is 30.5 Å². The van der Waals surface area contributed by atoms with Gasteiger partial charge in [-0.05, 0) is 56.2 Å². The lowest BCUT2D eigenvalue weighted by atomic mass is 10.1. The number of aliphatic carboxylic acids is 1. The standard InChI is InChI=1S/C26H34N4O6/c1-35-22-10-4-2-7-19(22)17-36-26(34)30-21(25(32)33)14-16-27-23(31)11-5-3-9-20-13-12-18-8-6-15-28-24(18)29-20/h2,4,7,10,12-13,21H,3,5-6,8-9,11,14-17H2,1H3,(H,27,31)(H,28,29)(H,30,34)(H,32,33). The van der Waals surface area contributed by atoms with Crippen LogP contribution in [0.4, 0.5) is 10.6 Å². The third-order valence-electron chi connectivity index (χ3n) is 5.94. The number of hydrogen-bond donors (Lipinski definition) is 4. The second-order valence-corrected chi connectivity index (χ2v) is 8.61. The van der Waals surface area contributed by atoms with E-state index in [-0.39, 0.29) is 25.5 Å². The Morgan fingerprint density at radius 1 is 1.17 bits per heavy atom. The van der Waals surface area contributed by atoms with Crippen LogP contribution in [0, 0.1) is 0 Å². The van der Waals surface area contributed by atoms with E-state index in [0.29, 0.717) is 24.2 Å². The van der Waals surface area contributed by atoms with Crippen molar-refractivity contribution in [2.75, 3.05) is 25.5 Å². The fraction of sp³-hybridized carbons (Fsp3) is 0.462. The molecule has 4 N–H and O–H groups in total. The molecular formula is C26H34N4O6. The molecule has 1 atom stereocenters. The molecule has 2 aromatic rings. The van der Waals surface area contributed by atoms with Gasteiger partial charge >= 0.3 is 12.1 Å². The minimum atomic E-state index is -1.20. The highest BCUT2D eigenvalue weighted by atomic mass is 16.5. The number of hydrogen-bond acceptors (Lipinski definition) is 7. The van der Waals surface area contributed by atoms with E-state index in [1.54, 1.807) is 24.3 Å². The van der Waals surface area contributed by atoms with Crippen LogP contribution >= 0.6 is 0 Å². The largest absolute Gasteiger partial charge is 0.496 e. The molecule has 2 heterocycles. The van der Waals surface area contributed by atoms with Crippen LogP contribution in [0.15, 0.2) is 36.4 Å². The van der Waals surface area contributed by atoms with Crippen molar-refractivity contribution in [3.63, 3.8) is 0 Å². The maximum absolute atomic E-state index is 12.1. The van der Waals surface area contributed by atoms with Crippen LogP contribution in [-0.2, 0) is 33.8 Å². The number of carbonyl (C=O) groups excluding carboxylic acids is 2. The molecule has 0 aliphatic carbocycles. The van der Waals surface area contributed by atoms with Crippen molar-refractivity contribution in [3.05, 3.63) is 53.2 Å². The van der Waals surface area contributed by atoms with Crippen molar-refractivity contribution in [3.8, 4) is 5.75 Å². The Hall–Kier alpha value is -3.82. The van der Waals surface area contributed by atoms with E-state index in [2.05, 4.69) is 27.0 Å². The number of nitrogens with one attached hydrogen (secondary N) is 3. The van der Waals surface area contributed by atoms with Gasteiger partial charge in [-0.15, -0.1) is 0 Å². The molecule has 194 valence electrons. The Kier molecular flexibility index (Phi) is 10.3. The van der Waals surface area contributed by atoms with E-state index in [1.165, 1.54) is 12.7 Å². The number of benzene rings is 1. The van der Waals surface area contributed by atoms with Gasteiger partial charge in [0.2, 0.25) is 5.91 Å². The quantitative estimate of drug-likeness (QED) is 0.309. The van der Waals surface area contributed by atoms with E-state index < -0.39 is 18.1 Å². The Balaban J connectivity index is 1.31. The van der Waals surface area contributed by atoms with Gasteiger partial charge in [0.15, 0.2) is 0 Å². The average Bonchev–Trinajstić information content (AvgIpc) is 2.89. The zero-order valence-electron chi connectivity index (χ0n) is 20.5. The van der Waals surface area contributed by atoms with E-state index in [4.69, 9.17) is 9.47 Å². The number of ether oxygens (including phenoxy) is 2. The molecule has 1 aliphatic rings. The minimum absolute atomic E-state index is 0.0386. The number of pyridine rings is 1. The summed E-state index contributed by atoms with van der Waals surface area (Å²) in [4.78, 5) is 40.4. The summed E-state index contributed by atoms with van der Waals surface area (Å²) in [6.45, 7) is 1.02. The Bertz CT molecular complexity index is 1040. The molecule has 1 unspecified atom stereocenters. The summed E-state index contributed by atoms with van der Waals surface area (Å²) >= 11 is 0. The monoisotopic (exact) mass is 498 g/mol. The number of carboxylic acids is 1. The molecule has 0 spiro atoms. The summed E-state index contributed by atoms with van der Waals surface area (Å²) in [7, 11) is 1.51. The van der Waals surface area contributed by atoms with Crippen molar-refractivity contribution >= 4 is 23.8 Å². The highest BCUT2D eigenvalue weighted by molar-refractivity contribution is 5.80. The SMILES string of the molecule is COc1ccccc1COC(=O)NC(CCNC(=O)CCCCc1ccc2c(n1)NCCC2)C(=O)O. The second-order valence-electron chi connectivity index (χ2n) is 8.61. The first-order valence-corrected chi connectivity index (χ1v) is 12.2. The topological polar surface area (TPSA) is 139 Å². The predicted molar refractivity (Wildman–Crippen MR) is 134 cm³/mol. The van der Waals surface area contributed by atoms with Gasteiger partial charge in [-0.3, -0.25) is 4.79 Å². The molecule has 0 bridgehead atoms. The molecule has 1 aromatic carbocycles. The number of aromatic nitrogens is 1. The first-order chi connectivity index (χ1) is 17.5.